The van der Waals surface area contributed by atoms with Crippen molar-refractivity contribution in [1.82, 2.24) is 10.3 Å². The Bertz CT molecular complexity index is 535. The molecule has 1 aliphatic carbocycles. The molecule has 108 valence electrons. The number of carbonyl (C=O) groups is 2. The molecular formula is C14H17BrN2O3. The van der Waals surface area contributed by atoms with Crippen molar-refractivity contribution in [3.8, 4) is 0 Å². The molecule has 0 aromatic carbocycles. The first-order valence-electron chi connectivity index (χ1n) is 6.59. The van der Waals surface area contributed by atoms with Gasteiger partial charge >= 0.3 is 5.97 Å². The highest BCUT2D eigenvalue weighted by atomic mass is 79.9. The molecule has 1 aromatic heterocycles. The van der Waals surface area contributed by atoms with Crippen molar-refractivity contribution in [2.75, 3.05) is 0 Å². The van der Waals surface area contributed by atoms with Crippen LogP contribution in [0.1, 0.15) is 43.0 Å². The van der Waals surface area contributed by atoms with Crippen molar-refractivity contribution in [2.24, 2.45) is 5.92 Å². The highest BCUT2D eigenvalue weighted by Crippen LogP contribution is 2.34. The van der Waals surface area contributed by atoms with Gasteiger partial charge < -0.3 is 10.4 Å². The second-order valence-electron chi connectivity index (χ2n) is 5.36. The normalized spacial score (nSPS) is 26.0. The maximum Gasteiger partial charge on any atom is 0.308 e. The minimum Gasteiger partial charge on any atom is -0.481 e. The Labute approximate surface area is 125 Å². The van der Waals surface area contributed by atoms with E-state index in [1.165, 1.54) is 6.20 Å². The average Bonchev–Trinajstić information content (AvgIpc) is 2.38. The number of nitrogens with zero attached hydrogens (tertiary/aromatic N) is 1. The van der Waals surface area contributed by atoms with Gasteiger partial charge in [-0.3, -0.25) is 14.6 Å². The molecule has 20 heavy (non-hydrogen) atoms. The van der Waals surface area contributed by atoms with Crippen LogP contribution >= 0.6 is 15.9 Å². The van der Waals surface area contributed by atoms with Gasteiger partial charge in [-0.2, -0.15) is 0 Å². The van der Waals surface area contributed by atoms with Crippen LogP contribution in [-0.2, 0) is 4.79 Å². The van der Waals surface area contributed by atoms with Gasteiger partial charge in [-0.1, -0.05) is 12.8 Å². The first-order valence-corrected chi connectivity index (χ1v) is 7.38. The van der Waals surface area contributed by atoms with Crippen LogP contribution in [0.25, 0.3) is 0 Å². The minimum atomic E-state index is -0.846. The lowest BCUT2D eigenvalue weighted by molar-refractivity contribution is -0.145. The summed E-state index contributed by atoms with van der Waals surface area (Å²) in [7, 11) is 0. The predicted molar refractivity (Wildman–Crippen MR) is 77.4 cm³/mol. The van der Waals surface area contributed by atoms with Gasteiger partial charge in [0.05, 0.1) is 17.0 Å². The summed E-state index contributed by atoms with van der Waals surface area (Å²) >= 11 is 3.28. The fraction of sp³-hybridized carbons (Fsp3) is 0.500. The number of amides is 1. The van der Waals surface area contributed by atoms with Crippen molar-refractivity contribution < 1.29 is 14.7 Å². The van der Waals surface area contributed by atoms with Crippen molar-refractivity contribution in [3.63, 3.8) is 0 Å². The average molecular weight is 341 g/mol. The largest absolute Gasteiger partial charge is 0.481 e. The Morgan fingerprint density at radius 2 is 2.25 bits per heavy atom. The molecule has 6 heteroatoms. The van der Waals surface area contributed by atoms with Gasteiger partial charge in [0.25, 0.3) is 5.91 Å². The molecule has 2 unspecified atom stereocenters. The SMILES string of the molecule is CC1(NC(=O)c2ccncc2Br)CCCCC1C(=O)O. The van der Waals surface area contributed by atoms with E-state index in [4.69, 9.17) is 0 Å². The van der Waals surface area contributed by atoms with Gasteiger partial charge in [-0.25, -0.2) is 0 Å². The number of halogens is 1. The third-order valence-corrected chi connectivity index (χ3v) is 4.55. The highest BCUT2D eigenvalue weighted by molar-refractivity contribution is 9.10. The number of hydrogen-bond donors (Lipinski definition) is 2. The van der Waals surface area contributed by atoms with E-state index in [1.807, 2.05) is 6.92 Å². The lowest BCUT2D eigenvalue weighted by Gasteiger charge is -2.39. The van der Waals surface area contributed by atoms with E-state index in [9.17, 15) is 14.7 Å². The smallest absolute Gasteiger partial charge is 0.308 e. The zero-order valence-electron chi connectivity index (χ0n) is 11.2. The molecule has 5 nitrogen and oxygen atoms in total. The summed E-state index contributed by atoms with van der Waals surface area (Å²) in [4.78, 5) is 27.6. The van der Waals surface area contributed by atoms with Crippen molar-refractivity contribution >= 4 is 27.8 Å². The quantitative estimate of drug-likeness (QED) is 0.886. The van der Waals surface area contributed by atoms with Gasteiger partial charge in [0.1, 0.15) is 0 Å². The third-order valence-electron chi connectivity index (χ3n) is 3.92. The standard InChI is InChI=1S/C14H17BrN2O3/c1-14(6-3-2-4-10(14)13(19)20)17-12(18)9-5-7-16-8-11(9)15/h5,7-8,10H,2-4,6H2,1H3,(H,17,18)(H,19,20). The summed E-state index contributed by atoms with van der Waals surface area (Å²) in [6.45, 7) is 1.82. The Morgan fingerprint density at radius 1 is 1.50 bits per heavy atom. The molecule has 1 aromatic rings. The molecule has 0 aliphatic heterocycles. The third kappa shape index (κ3) is 3.00. The summed E-state index contributed by atoms with van der Waals surface area (Å²) in [5.41, 5.74) is -0.236. The van der Waals surface area contributed by atoms with E-state index in [0.29, 0.717) is 22.9 Å². The van der Waals surface area contributed by atoms with Crippen LogP contribution < -0.4 is 5.32 Å². The van der Waals surface area contributed by atoms with E-state index in [-0.39, 0.29) is 5.91 Å². The van der Waals surface area contributed by atoms with E-state index in [2.05, 4.69) is 26.2 Å². The molecule has 1 saturated carbocycles. The second kappa shape index (κ2) is 5.91. The topological polar surface area (TPSA) is 79.3 Å². The van der Waals surface area contributed by atoms with Gasteiger partial charge in [-0.05, 0) is 41.8 Å². The first-order chi connectivity index (χ1) is 9.44. The summed E-state index contributed by atoms with van der Waals surface area (Å²) < 4.78 is 0.601. The molecule has 1 fully saturated rings. The van der Waals surface area contributed by atoms with Crippen LogP contribution in [0.2, 0.25) is 0 Å². The molecular weight excluding hydrogens is 324 g/mol. The molecule has 0 radical (unpaired) electrons. The molecule has 1 heterocycles. The monoisotopic (exact) mass is 340 g/mol. The van der Waals surface area contributed by atoms with Crippen LogP contribution in [0.15, 0.2) is 22.9 Å². The van der Waals surface area contributed by atoms with E-state index >= 15 is 0 Å². The van der Waals surface area contributed by atoms with Crippen molar-refractivity contribution in [3.05, 3.63) is 28.5 Å². The lowest BCUT2D eigenvalue weighted by atomic mass is 9.74. The number of carbonyl (C=O) groups excluding carboxylic acids is 1. The van der Waals surface area contributed by atoms with E-state index < -0.39 is 17.4 Å². The second-order valence-corrected chi connectivity index (χ2v) is 6.22. The zero-order valence-corrected chi connectivity index (χ0v) is 12.8. The number of nitrogens with one attached hydrogen (secondary N) is 1. The summed E-state index contributed by atoms with van der Waals surface area (Å²) in [6.07, 6.45) is 6.19. The fourth-order valence-electron chi connectivity index (χ4n) is 2.77. The van der Waals surface area contributed by atoms with Crippen LogP contribution in [0.5, 0.6) is 0 Å². The molecule has 0 saturated heterocycles. The molecule has 0 bridgehead atoms. The Balaban J connectivity index is 2.20. The van der Waals surface area contributed by atoms with Crippen LogP contribution in [-0.4, -0.2) is 27.5 Å². The summed E-state index contributed by atoms with van der Waals surface area (Å²) in [5, 5.41) is 12.2. The summed E-state index contributed by atoms with van der Waals surface area (Å²) in [6, 6.07) is 1.61. The summed E-state index contributed by atoms with van der Waals surface area (Å²) in [5.74, 6) is -1.66. The van der Waals surface area contributed by atoms with Gasteiger partial charge in [0, 0.05) is 16.9 Å². The molecule has 1 amide bonds. The zero-order chi connectivity index (χ0) is 14.8. The number of carboxylic acid groups (broad SMARTS) is 1. The molecule has 1 aliphatic rings. The number of rotatable bonds is 3. The number of pyridine rings is 1. The van der Waals surface area contributed by atoms with E-state index in [0.717, 1.165) is 12.8 Å². The van der Waals surface area contributed by atoms with E-state index in [1.54, 1.807) is 12.3 Å². The van der Waals surface area contributed by atoms with Crippen molar-refractivity contribution in [2.45, 2.75) is 38.1 Å². The number of carboxylic acids is 1. The Hall–Kier alpha value is -1.43. The van der Waals surface area contributed by atoms with Crippen molar-refractivity contribution in [1.29, 1.82) is 0 Å². The maximum atomic E-state index is 12.3. The maximum absolute atomic E-state index is 12.3. The number of hydrogen-bond acceptors (Lipinski definition) is 3. The minimum absolute atomic E-state index is 0.269. The first kappa shape index (κ1) is 15.0. The van der Waals surface area contributed by atoms with Crippen LogP contribution in [0, 0.1) is 5.92 Å². The molecule has 2 N–H and O–H groups in total. The number of aromatic nitrogens is 1. The van der Waals surface area contributed by atoms with Gasteiger partial charge in [0.15, 0.2) is 0 Å². The van der Waals surface area contributed by atoms with Crippen LogP contribution in [0.4, 0.5) is 0 Å². The molecule has 2 rings (SSSR count). The Morgan fingerprint density at radius 3 is 2.90 bits per heavy atom. The fourth-order valence-corrected chi connectivity index (χ4v) is 3.20. The molecule has 0 spiro atoms. The van der Waals surface area contributed by atoms with Gasteiger partial charge in [-0.15, -0.1) is 0 Å². The predicted octanol–water partition coefficient (Wildman–Crippen LogP) is 2.61. The van der Waals surface area contributed by atoms with Gasteiger partial charge in [0.2, 0.25) is 0 Å². The Kier molecular flexibility index (Phi) is 4.42. The lowest BCUT2D eigenvalue weighted by Crippen LogP contribution is -2.55. The molecule has 2 atom stereocenters. The van der Waals surface area contributed by atoms with Crippen LogP contribution in [0.3, 0.4) is 0 Å². The highest BCUT2D eigenvalue weighted by Gasteiger charge is 2.42. The number of aliphatic carboxylic acids is 1.